The maximum absolute atomic E-state index is 2.63. The molecule has 1 aliphatic carbocycles. The molecule has 0 amide bonds. The molecule has 0 unspecified atom stereocenters. The smallest absolute Gasteiger partial charge is 0.180 e. The van der Waals surface area contributed by atoms with Crippen LogP contribution in [0.1, 0.15) is 25.0 Å². The molecule has 0 spiro atoms. The molecule has 2 heteroatoms. The number of hydrogen-bond acceptors (Lipinski definition) is 1. The van der Waals surface area contributed by atoms with Gasteiger partial charge >= 0.3 is 0 Å². The first-order chi connectivity index (χ1) is 23.1. The molecule has 1 nitrogen and oxygen atoms in total. The Hall–Kier alpha value is -5.44. The Morgan fingerprint density at radius 2 is 0.894 bits per heavy atom. The molecule has 9 rings (SSSR count). The van der Waals surface area contributed by atoms with Gasteiger partial charge < -0.3 is 4.90 Å². The molecule has 7 aromatic rings. The highest BCUT2D eigenvalue weighted by molar-refractivity contribution is 7.22. The molecule has 0 aromatic heterocycles. The summed E-state index contributed by atoms with van der Waals surface area (Å²) in [6, 6.07) is 65.6. The van der Waals surface area contributed by atoms with E-state index in [0.29, 0.717) is 0 Å². The Labute approximate surface area is 278 Å². The van der Waals surface area contributed by atoms with Gasteiger partial charge in [-0.1, -0.05) is 166 Å². The average molecular weight is 618 g/mol. The highest BCUT2D eigenvalue weighted by atomic mass is 28.3. The zero-order chi connectivity index (χ0) is 31.6. The van der Waals surface area contributed by atoms with Crippen molar-refractivity contribution in [3.8, 4) is 22.3 Å². The van der Waals surface area contributed by atoms with Crippen molar-refractivity contribution >= 4 is 45.9 Å². The maximum atomic E-state index is 2.53. The molecular formula is C45H35NSi. The summed E-state index contributed by atoms with van der Waals surface area (Å²) in [5.74, 6) is 0. The minimum absolute atomic E-state index is 0.0851. The second-order valence-corrected chi connectivity index (χ2v) is 17.0. The van der Waals surface area contributed by atoms with Crippen LogP contribution in [0.5, 0.6) is 0 Å². The molecule has 0 saturated heterocycles. The van der Waals surface area contributed by atoms with Crippen LogP contribution in [0, 0.1) is 0 Å². The number of hydrogen-bond donors (Lipinski definition) is 0. The first-order valence-corrected chi connectivity index (χ1v) is 18.5. The van der Waals surface area contributed by atoms with Crippen LogP contribution in [0.2, 0.25) is 0 Å². The summed E-state index contributed by atoms with van der Waals surface area (Å²) < 4.78 is 0. The standard InChI is InChI=1S/C45H35NSi/c1-45(2)37-26-14-12-24-35(37)43-38(45)27-16-28-39(43)46(32-18-6-3-7-19-32)40-29-17-31-42-44(40)36-25-13-15-30-41(36)47(42,33-20-8-4-9-21-33)34-22-10-5-11-23-34/h3-31H,1-2H3. The van der Waals surface area contributed by atoms with Crippen LogP contribution in [-0.2, 0) is 5.41 Å². The molecule has 0 fully saturated rings. The van der Waals surface area contributed by atoms with Crippen molar-refractivity contribution < 1.29 is 0 Å². The Morgan fingerprint density at radius 1 is 0.404 bits per heavy atom. The molecule has 0 bridgehead atoms. The van der Waals surface area contributed by atoms with Gasteiger partial charge in [0.25, 0.3) is 0 Å². The van der Waals surface area contributed by atoms with E-state index in [-0.39, 0.29) is 5.41 Å². The van der Waals surface area contributed by atoms with Crippen molar-refractivity contribution in [2.24, 2.45) is 0 Å². The van der Waals surface area contributed by atoms with E-state index in [4.69, 9.17) is 0 Å². The number of para-hydroxylation sites is 1. The lowest BCUT2D eigenvalue weighted by Crippen LogP contribution is -2.72. The summed E-state index contributed by atoms with van der Waals surface area (Å²) in [6.45, 7) is 4.73. The second-order valence-electron chi connectivity index (χ2n) is 13.3. The molecule has 0 saturated carbocycles. The summed E-state index contributed by atoms with van der Waals surface area (Å²) in [7, 11) is -2.63. The number of benzene rings is 7. The lowest BCUT2D eigenvalue weighted by atomic mass is 9.82. The third-order valence-corrected chi connectivity index (χ3v) is 15.4. The quantitative estimate of drug-likeness (QED) is 0.175. The van der Waals surface area contributed by atoms with Crippen LogP contribution in [0.15, 0.2) is 176 Å². The summed E-state index contributed by atoms with van der Waals surface area (Å²) in [4.78, 5) is 2.53. The number of fused-ring (bicyclic) bond motifs is 6. The van der Waals surface area contributed by atoms with E-state index in [1.165, 1.54) is 65.5 Å². The van der Waals surface area contributed by atoms with E-state index >= 15 is 0 Å². The van der Waals surface area contributed by atoms with E-state index in [1.807, 2.05) is 0 Å². The van der Waals surface area contributed by atoms with Crippen molar-refractivity contribution in [1.82, 2.24) is 0 Å². The van der Waals surface area contributed by atoms with Crippen LogP contribution >= 0.6 is 0 Å². The van der Waals surface area contributed by atoms with Gasteiger partial charge in [-0.2, -0.15) is 0 Å². The lowest BCUT2D eigenvalue weighted by Gasteiger charge is -2.33. The van der Waals surface area contributed by atoms with Gasteiger partial charge in [0.1, 0.15) is 0 Å². The van der Waals surface area contributed by atoms with Gasteiger partial charge in [-0.25, -0.2) is 0 Å². The zero-order valence-electron chi connectivity index (χ0n) is 26.7. The molecule has 0 atom stereocenters. The van der Waals surface area contributed by atoms with Gasteiger partial charge in [-0.05, 0) is 67.3 Å². The predicted octanol–water partition coefficient (Wildman–Crippen LogP) is 8.82. The number of rotatable bonds is 5. The molecule has 0 radical (unpaired) electrons. The second kappa shape index (κ2) is 10.6. The molecule has 1 heterocycles. The Balaban J connectivity index is 1.40. The summed E-state index contributed by atoms with van der Waals surface area (Å²) in [5.41, 5.74) is 11.6. The van der Waals surface area contributed by atoms with Gasteiger partial charge in [0.2, 0.25) is 0 Å². The zero-order valence-corrected chi connectivity index (χ0v) is 27.7. The van der Waals surface area contributed by atoms with E-state index < -0.39 is 8.07 Å². The Bertz CT molecular complexity index is 2230. The Kier molecular flexibility index (Phi) is 6.25. The van der Waals surface area contributed by atoms with Crippen LogP contribution in [0.25, 0.3) is 22.3 Å². The van der Waals surface area contributed by atoms with E-state index in [1.54, 1.807) is 0 Å². The molecule has 2 aliphatic rings. The van der Waals surface area contributed by atoms with Crippen molar-refractivity contribution in [2.75, 3.05) is 4.90 Å². The number of anilines is 3. The third-order valence-electron chi connectivity index (χ3n) is 10.5. The van der Waals surface area contributed by atoms with Crippen molar-refractivity contribution in [3.05, 3.63) is 187 Å². The average Bonchev–Trinajstić information content (AvgIpc) is 3.57. The normalized spacial score (nSPS) is 14.5. The molecular weight excluding hydrogens is 583 g/mol. The monoisotopic (exact) mass is 617 g/mol. The number of nitrogens with zero attached hydrogens (tertiary/aromatic N) is 1. The first-order valence-electron chi connectivity index (χ1n) is 16.5. The van der Waals surface area contributed by atoms with Gasteiger partial charge in [0.05, 0.1) is 11.4 Å². The van der Waals surface area contributed by atoms with Crippen LogP contribution in [0.3, 0.4) is 0 Å². The SMILES string of the molecule is CC1(C)c2ccccc2-c2c(N(c3ccccc3)c3cccc4c3-c3ccccc3[Si]4(c3ccccc3)c3ccccc3)cccc21. The molecule has 1 aliphatic heterocycles. The summed E-state index contributed by atoms with van der Waals surface area (Å²) in [6.07, 6.45) is 0. The van der Waals surface area contributed by atoms with Gasteiger partial charge in [-0.15, -0.1) is 0 Å². The first kappa shape index (κ1) is 27.8. The van der Waals surface area contributed by atoms with Gasteiger partial charge in [0, 0.05) is 22.2 Å². The van der Waals surface area contributed by atoms with E-state index in [0.717, 1.165) is 5.69 Å². The largest absolute Gasteiger partial charge is 0.309 e. The van der Waals surface area contributed by atoms with E-state index in [2.05, 4.69) is 195 Å². The van der Waals surface area contributed by atoms with Crippen LogP contribution in [-0.4, -0.2) is 8.07 Å². The Morgan fingerprint density at radius 3 is 1.57 bits per heavy atom. The molecule has 224 valence electrons. The fourth-order valence-corrected chi connectivity index (χ4v) is 13.8. The predicted molar refractivity (Wildman–Crippen MR) is 201 cm³/mol. The fourth-order valence-electron chi connectivity index (χ4n) is 8.57. The summed E-state index contributed by atoms with van der Waals surface area (Å²) in [5, 5.41) is 5.73. The minimum atomic E-state index is -2.63. The van der Waals surface area contributed by atoms with Crippen molar-refractivity contribution in [1.29, 1.82) is 0 Å². The van der Waals surface area contributed by atoms with Crippen LogP contribution in [0.4, 0.5) is 17.1 Å². The van der Waals surface area contributed by atoms with E-state index in [9.17, 15) is 0 Å². The minimum Gasteiger partial charge on any atom is -0.309 e. The van der Waals surface area contributed by atoms with Crippen molar-refractivity contribution in [2.45, 2.75) is 19.3 Å². The highest BCUT2D eigenvalue weighted by Gasteiger charge is 2.50. The lowest BCUT2D eigenvalue weighted by molar-refractivity contribution is 0.660. The highest BCUT2D eigenvalue weighted by Crippen LogP contribution is 2.55. The van der Waals surface area contributed by atoms with Crippen LogP contribution < -0.4 is 25.6 Å². The van der Waals surface area contributed by atoms with Gasteiger partial charge in [-0.3, -0.25) is 0 Å². The topological polar surface area (TPSA) is 3.24 Å². The van der Waals surface area contributed by atoms with Gasteiger partial charge in [0.15, 0.2) is 8.07 Å². The van der Waals surface area contributed by atoms with Crippen molar-refractivity contribution in [3.63, 3.8) is 0 Å². The molecule has 0 N–H and O–H groups in total. The third kappa shape index (κ3) is 3.89. The maximum Gasteiger partial charge on any atom is 0.180 e. The summed E-state index contributed by atoms with van der Waals surface area (Å²) >= 11 is 0. The fraction of sp³-hybridized carbons (Fsp3) is 0.0667. The molecule has 7 aromatic carbocycles. The molecule has 47 heavy (non-hydrogen) atoms.